The van der Waals surface area contributed by atoms with E-state index in [-0.39, 0.29) is 5.03 Å². The van der Waals surface area contributed by atoms with Crippen molar-refractivity contribution in [3.05, 3.63) is 35.4 Å². The Morgan fingerprint density at radius 3 is 2.06 bits per heavy atom. The van der Waals surface area contributed by atoms with E-state index in [2.05, 4.69) is 0 Å². The number of methoxy groups -OCH3 is 1. The Morgan fingerprint density at radius 1 is 1.19 bits per heavy atom. The van der Waals surface area contributed by atoms with Crippen molar-refractivity contribution in [3.8, 4) is 5.75 Å². The standard InChI is InChI=1S/C11H10ClF3O/c1-7(11(13,14)15)10(12)8-3-5-9(16-2)6-4-8/h3-6H,1-2H3/b10-7-. The molecule has 0 spiro atoms. The van der Waals surface area contributed by atoms with Gasteiger partial charge in [0, 0.05) is 5.57 Å². The number of benzene rings is 1. The first kappa shape index (κ1) is 12.9. The molecule has 1 rings (SSSR count). The predicted octanol–water partition coefficient (Wildman–Crippen LogP) is 4.23. The number of hydrogen-bond donors (Lipinski definition) is 0. The molecule has 0 saturated heterocycles. The Balaban J connectivity index is 3.09. The molecular formula is C11H10ClF3O. The summed E-state index contributed by atoms with van der Waals surface area (Å²) in [6.45, 7) is 0.951. The minimum absolute atomic E-state index is 0.296. The van der Waals surface area contributed by atoms with Crippen LogP contribution in [0.5, 0.6) is 5.75 Å². The Bertz CT molecular complexity index is 393. The molecule has 0 radical (unpaired) electrons. The summed E-state index contributed by atoms with van der Waals surface area (Å²) in [6.07, 6.45) is -4.41. The van der Waals surface area contributed by atoms with Crippen molar-refractivity contribution in [2.45, 2.75) is 13.1 Å². The number of allylic oxidation sites excluding steroid dienone is 1. The van der Waals surface area contributed by atoms with Crippen molar-refractivity contribution >= 4 is 16.6 Å². The third-order valence-corrected chi connectivity index (χ3v) is 2.60. The number of hydrogen-bond acceptors (Lipinski definition) is 1. The second kappa shape index (κ2) is 4.78. The first-order valence-electron chi connectivity index (χ1n) is 4.44. The quantitative estimate of drug-likeness (QED) is 0.763. The molecule has 88 valence electrons. The Kier molecular flexibility index (Phi) is 3.86. The normalized spacial score (nSPS) is 13.4. The molecule has 0 fully saturated rings. The fourth-order valence-electron chi connectivity index (χ4n) is 1.08. The van der Waals surface area contributed by atoms with Crippen molar-refractivity contribution < 1.29 is 17.9 Å². The van der Waals surface area contributed by atoms with E-state index in [4.69, 9.17) is 16.3 Å². The molecule has 5 heteroatoms. The van der Waals surface area contributed by atoms with Crippen LogP contribution in [0.1, 0.15) is 12.5 Å². The molecule has 1 aromatic carbocycles. The van der Waals surface area contributed by atoms with Crippen LogP contribution in [0, 0.1) is 0 Å². The summed E-state index contributed by atoms with van der Waals surface area (Å²) in [5.74, 6) is 0.567. The van der Waals surface area contributed by atoms with Gasteiger partial charge in [-0.1, -0.05) is 11.6 Å². The first-order chi connectivity index (χ1) is 7.36. The number of ether oxygens (including phenoxy) is 1. The summed E-state index contributed by atoms with van der Waals surface area (Å²) in [5.41, 5.74) is -0.489. The molecule has 0 aliphatic heterocycles. The molecule has 0 amide bonds. The van der Waals surface area contributed by atoms with Gasteiger partial charge in [-0.05, 0) is 36.8 Å². The lowest BCUT2D eigenvalue weighted by molar-refractivity contribution is -0.0905. The minimum atomic E-state index is -4.41. The Morgan fingerprint density at radius 2 is 1.69 bits per heavy atom. The van der Waals surface area contributed by atoms with E-state index >= 15 is 0 Å². The molecule has 0 saturated carbocycles. The van der Waals surface area contributed by atoms with Gasteiger partial charge in [0.25, 0.3) is 0 Å². The molecular weight excluding hydrogens is 241 g/mol. The van der Waals surface area contributed by atoms with E-state index in [0.717, 1.165) is 6.92 Å². The van der Waals surface area contributed by atoms with Crippen LogP contribution in [0.15, 0.2) is 29.8 Å². The average Bonchev–Trinajstić information content (AvgIpc) is 2.26. The lowest BCUT2D eigenvalue weighted by Crippen LogP contribution is -2.10. The van der Waals surface area contributed by atoms with Crippen LogP contribution in [0.25, 0.3) is 5.03 Å². The van der Waals surface area contributed by atoms with Gasteiger partial charge in [0.2, 0.25) is 0 Å². The van der Waals surface area contributed by atoms with Gasteiger partial charge in [-0.2, -0.15) is 13.2 Å². The highest BCUT2D eigenvalue weighted by atomic mass is 35.5. The number of alkyl halides is 3. The van der Waals surface area contributed by atoms with Crippen molar-refractivity contribution in [1.82, 2.24) is 0 Å². The molecule has 16 heavy (non-hydrogen) atoms. The van der Waals surface area contributed by atoms with E-state index in [1.54, 1.807) is 12.1 Å². The van der Waals surface area contributed by atoms with Crippen LogP contribution >= 0.6 is 11.6 Å². The van der Waals surface area contributed by atoms with Crippen LogP contribution in [0.3, 0.4) is 0 Å². The molecule has 1 nitrogen and oxygen atoms in total. The molecule has 0 aliphatic rings. The van der Waals surface area contributed by atoms with Gasteiger partial charge in [0.05, 0.1) is 12.1 Å². The fraction of sp³-hybridized carbons (Fsp3) is 0.273. The summed E-state index contributed by atoms with van der Waals surface area (Å²) in [4.78, 5) is 0. The summed E-state index contributed by atoms with van der Waals surface area (Å²) >= 11 is 5.66. The van der Waals surface area contributed by atoms with E-state index in [9.17, 15) is 13.2 Å². The van der Waals surface area contributed by atoms with E-state index in [1.807, 2.05) is 0 Å². The summed E-state index contributed by atoms with van der Waals surface area (Å²) in [5, 5.41) is -0.296. The Hall–Kier alpha value is -1.16. The third-order valence-electron chi connectivity index (χ3n) is 2.10. The molecule has 0 N–H and O–H groups in total. The zero-order chi connectivity index (χ0) is 12.3. The molecule has 0 unspecified atom stereocenters. The topological polar surface area (TPSA) is 9.23 Å². The Labute approximate surface area is 96.5 Å². The highest BCUT2D eigenvalue weighted by molar-refractivity contribution is 6.49. The molecule has 0 aliphatic carbocycles. The van der Waals surface area contributed by atoms with Crippen LogP contribution in [-0.4, -0.2) is 13.3 Å². The number of rotatable bonds is 2. The van der Waals surface area contributed by atoms with Crippen molar-refractivity contribution in [1.29, 1.82) is 0 Å². The SMILES string of the molecule is COc1ccc(/C(Cl)=C(\C)C(F)(F)F)cc1. The maximum Gasteiger partial charge on any atom is 0.413 e. The first-order valence-corrected chi connectivity index (χ1v) is 4.82. The van der Waals surface area contributed by atoms with Gasteiger partial charge < -0.3 is 4.74 Å². The highest BCUT2D eigenvalue weighted by Gasteiger charge is 2.32. The van der Waals surface area contributed by atoms with Gasteiger partial charge in [-0.15, -0.1) is 0 Å². The van der Waals surface area contributed by atoms with E-state index in [1.165, 1.54) is 19.2 Å². The lowest BCUT2D eigenvalue weighted by atomic mass is 10.1. The van der Waals surface area contributed by atoms with Gasteiger partial charge in [0.15, 0.2) is 0 Å². The van der Waals surface area contributed by atoms with Crippen molar-refractivity contribution in [2.75, 3.05) is 7.11 Å². The number of halogens is 4. The van der Waals surface area contributed by atoms with Crippen LogP contribution in [-0.2, 0) is 0 Å². The smallest absolute Gasteiger partial charge is 0.413 e. The fourth-order valence-corrected chi connectivity index (χ4v) is 1.31. The third kappa shape index (κ3) is 2.92. The predicted molar refractivity (Wildman–Crippen MR) is 57.5 cm³/mol. The second-order valence-electron chi connectivity index (χ2n) is 3.17. The van der Waals surface area contributed by atoms with E-state index < -0.39 is 11.7 Å². The summed E-state index contributed by atoms with van der Waals surface area (Å²) < 4.78 is 42.0. The van der Waals surface area contributed by atoms with E-state index in [0.29, 0.717) is 11.3 Å². The molecule has 1 aromatic rings. The van der Waals surface area contributed by atoms with Gasteiger partial charge >= 0.3 is 6.18 Å². The largest absolute Gasteiger partial charge is 0.497 e. The molecule has 0 atom stereocenters. The summed E-state index contributed by atoms with van der Waals surface area (Å²) in [7, 11) is 1.48. The zero-order valence-corrected chi connectivity index (χ0v) is 9.49. The molecule has 0 heterocycles. The highest BCUT2D eigenvalue weighted by Crippen LogP contribution is 2.34. The molecule has 0 bridgehead atoms. The maximum absolute atomic E-state index is 12.4. The monoisotopic (exact) mass is 250 g/mol. The van der Waals surface area contributed by atoms with Crippen LogP contribution < -0.4 is 4.74 Å². The van der Waals surface area contributed by atoms with Crippen LogP contribution in [0.4, 0.5) is 13.2 Å². The zero-order valence-electron chi connectivity index (χ0n) is 8.73. The molecule has 0 aromatic heterocycles. The second-order valence-corrected chi connectivity index (χ2v) is 3.54. The van der Waals surface area contributed by atoms with Crippen molar-refractivity contribution in [3.63, 3.8) is 0 Å². The van der Waals surface area contributed by atoms with Gasteiger partial charge in [0.1, 0.15) is 5.75 Å². The van der Waals surface area contributed by atoms with Gasteiger partial charge in [-0.3, -0.25) is 0 Å². The average molecular weight is 251 g/mol. The van der Waals surface area contributed by atoms with Crippen LogP contribution in [0.2, 0.25) is 0 Å². The minimum Gasteiger partial charge on any atom is -0.497 e. The van der Waals surface area contributed by atoms with Gasteiger partial charge in [-0.25, -0.2) is 0 Å². The maximum atomic E-state index is 12.4. The summed E-state index contributed by atoms with van der Waals surface area (Å²) in [6, 6.07) is 6.08. The van der Waals surface area contributed by atoms with Crippen molar-refractivity contribution in [2.24, 2.45) is 0 Å². The lowest BCUT2D eigenvalue weighted by Gasteiger charge is -2.10.